The Bertz CT molecular complexity index is 1030. The minimum atomic E-state index is -0.951. The lowest BCUT2D eigenvalue weighted by molar-refractivity contribution is -0.0177. The molecule has 3 aromatic rings. The molecule has 0 amide bonds. The molecule has 1 fully saturated rings. The second-order valence-electron chi connectivity index (χ2n) is 8.49. The largest absolute Gasteiger partial charge is 0.492 e. The summed E-state index contributed by atoms with van der Waals surface area (Å²) in [5.41, 5.74) is 0.238. The van der Waals surface area contributed by atoms with E-state index in [0.29, 0.717) is 31.0 Å². The first kappa shape index (κ1) is 23.5. The van der Waals surface area contributed by atoms with Crippen molar-refractivity contribution in [2.75, 3.05) is 26.3 Å². The summed E-state index contributed by atoms with van der Waals surface area (Å²) >= 11 is 5.86. The number of halogens is 2. The van der Waals surface area contributed by atoms with Crippen molar-refractivity contribution in [3.05, 3.63) is 77.3 Å². The molecule has 6 nitrogen and oxygen atoms in total. The van der Waals surface area contributed by atoms with E-state index in [1.54, 1.807) is 35.3 Å². The number of rotatable bonds is 9. The molecule has 0 saturated carbocycles. The summed E-state index contributed by atoms with van der Waals surface area (Å²) in [6.07, 6.45) is 5.44. The van der Waals surface area contributed by atoms with Crippen LogP contribution in [0.4, 0.5) is 4.39 Å². The Kier molecular flexibility index (Phi) is 7.85. The van der Waals surface area contributed by atoms with Crippen LogP contribution in [0, 0.1) is 5.82 Å². The third kappa shape index (κ3) is 6.93. The van der Waals surface area contributed by atoms with Crippen molar-refractivity contribution < 1.29 is 19.0 Å². The molecule has 1 aliphatic rings. The fourth-order valence-corrected chi connectivity index (χ4v) is 4.13. The topological polar surface area (TPSA) is 59.8 Å². The number of hydrogen-bond donors (Lipinski definition) is 1. The van der Waals surface area contributed by atoms with Gasteiger partial charge in [0, 0.05) is 19.3 Å². The van der Waals surface area contributed by atoms with E-state index in [0.717, 1.165) is 31.8 Å². The van der Waals surface area contributed by atoms with Gasteiger partial charge in [-0.05, 0) is 55.6 Å². The van der Waals surface area contributed by atoms with Crippen molar-refractivity contribution in [2.45, 2.75) is 38.0 Å². The van der Waals surface area contributed by atoms with Crippen molar-refractivity contribution in [1.29, 1.82) is 0 Å². The molecule has 1 atom stereocenters. The minimum Gasteiger partial charge on any atom is -0.492 e. The number of ether oxygens (including phenoxy) is 2. The van der Waals surface area contributed by atoms with Crippen molar-refractivity contribution in [1.82, 2.24) is 14.7 Å². The lowest BCUT2D eigenvalue weighted by Gasteiger charge is -2.27. The number of para-hydroxylation sites is 1. The van der Waals surface area contributed by atoms with Gasteiger partial charge in [0.1, 0.15) is 19.0 Å². The molecular formula is C25H29ClFN3O3. The predicted molar refractivity (Wildman–Crippen MR) is 125 cm³/mol. The van der Waals surface area contributed by atoms with E-state index < -0.39 is 11.4 Å². The van der Waals surface area contributed by atoms with Gasteiger partial charge in [0.25, 0.3) is 0 Å². The van der Waals surface area contributed by atoms with Gasteiger partial charge >= 0.3 is 0 Å². The standard InChI is InChI=1S/C25H29ClFN3O3/c26-21-16-28-30(18-21)14-15-32-22-8-6-20(7-9-22)17-29-12-3-10-25(31,11-13-29)19-33-24-5-2-1-4-23(24)27/h1-2,4-9,16,18,31H,3,10-15,17,19H2. The summed E-state index contributed by atoms with van der Waals surface area (Å²) in [5.74, 6) is 0.588. The van der Waals surface area contributed by atoms with Crippen molar-refractivity contribution in [2.24, 2.45) is 0 Å². The highest BCUT2D eigenvalue weighted by Gasteiger charge is 2.31. The van der Waals surface area contributed by atoms with Crippen molar-refractivity contribution >= 4 is 11.6 Å². The smallest absolute Gasteiger partial charge is 0.165 e. The van der Waals surface area contributed by atoms with Crippen LogP contribution >= 0.6 is 11.6 Å². The van der Waals surface area contributed by atoms with Crippen LogP contribution in [-0.4, -0.2) is 51.7 Å². The number of nitrogens with zero attached hydrogens (tertiary/aromatic N) is 3. The molecule has 2 aromatic carbocycles. The Morgan fingerprint density at radius 2 is 1.88 bits per heavy atom. The number of likely N-dealkylation sites (tertiary alicyclic amines) is 1. The lowest BCUT2D eigenvalue weighted by Crippen LogP contribution is -2.37. The van der Waals surface area contributed by atoms with E-state index in [1.165, 1.54) is 11.6 Å². The lowest BCUT2D eigenvalue weighted by atomic mass is 9.96. The van der Waals surface area contributed by atoms with Crippen LogP contribution in [0.15, 0.2) is 60.9 Å². The highest BCUT2D eigenvalue weighted by Crippen LogP contribution is 2.26. The molecular weight excluding hydrogens is 445 g/mol. The van der Waals surface area contributed by atoms with E-state index in [-0.39, 0.29) is 12.4 Å². The van der Waals surface area contributed by atoms with Gasteiger partial charge < -0.3 is 14.6 Å². The fraction of sp³-hybridized carbons (Fsp3) is 0.400. The Morgan fingerprint density at radius 1 is 1.06 bits per heavy atom. The predicted octanol–water partition coefficient (Wildman–Crippen LogP) is 4.55. The second-order valence-corrected chi connectivity index (χ2v) is 8.92. The third-order valence-corrected chi connectivity index (χ3v) is 6.06. The zero-order valence-corrected chi connectivity index (χ0v) is 19.3. The highest BCUT2D eigenvalue weighted by atomic mass is 35.5. The molecule has 8 heteroatoms. The molecule has 0 spiro atoms. The molecule has 1 unspecified atom stereocenters. The fourth-order valence-electron chi connectivity index (χ4n) is 3.98. The number of benzene rings is 2. The number of aromatic nitrogens is 2. The molecule has 0 radical (unpaired) electrons. The van der Waals surface area contributed by atoms with E-state index in [2.05, 4.69) is 22.1 Å². The Labute approximate surface area is 198 Å². The van der Waals surface area contributed by atoms with Crippen LogP contribution in [0.5, 0.6) is 11.5 Å². The Balaban J connectivity index is 1.22. The third-order valence-electron chi connectivity index (χ3n) is 5.86. The van der Waals surface area contributed by atoms with E-state index in [9.17, 15) is 9.50 Å². The molecule has 0 aliphatic carbocycles. The summed E-state index contributed by atoms with van der Waals surface area (Å²) in [6, 6.07) is 14.4. The SMILES string of the molecule is OC1(COc2ccccc2F)CCCN(Cc2ccc(OCCn3cc(Cl)cn3)cc2)CC1. The maximum absolute atomic E-state index is 13.8. The molecule has 33 heavy (non-hydrogen) atoms. The molecule has 4 rings (SSSR count). The van der Waals surface area contributed by atoms with E-state index in [4.69, 9.17) is 21.1 Å². The van der Waals surface area contributed by atoms with Crippen LogP contribution in [-0.2, 0) is 13.1 Å². The van der Waals surface area contributed by atoms with Crippen molar-refractivity contribution in [3.8, 4) is 11.5 Å². The minimum absolute atomic E-state index is 0.0958. The van der Waals surface area contributed by atoms with Crippen LogP contribution in [0.1, 0.15) is 24.8 Å². The maximum Gasteiger partial charge on any atom is 0.165 e. The zero-order chi connectivity index (χ0) is 23.1. The van der Waals surface area contributed by atoms with Crippen molar-refractivity contribution in [3.63, 3.8) is 0 Å². The quantitative estimate of drug-likeness (QED) is 0.494. The van der Waals surface area contributed by atoms with Crippen LogP contribution < -0.4 is 9.47 Å². The molecule has 2 heterocycles. The van der Waals surface area contributed by atoms with Crippen LogP contribution in [0.3, 0.4) is 0 Å². The summed E-state index contributed by atoms with van der Waals surface area (Å²) in [4.78, 5) is 2.33. The molecule has 176 valence electrons. The summed E-state index contributed by atoms with van der Waals surface area (Å²) < 4.78 is 26.9. The molecule has 1 aliphatic heterocycles. The number of hydrogen-bond acceptors (Lipinski definition) is 5. The van der Waals surface area contributed by atoms with Gasteiger partial charge in [0.2, 0.25) is 0 Å². The normalized spacial score (nSPS) is 19.2. The Morgan fingerprint density at radius 3 is 2.64 bits per heavy atom. The summed E-state index contributed by atoms with van der Waals surface area (Å²) in [6.45, 7) is 3.69. The van der Waals surface area contributed by atoms with Gasteiger partial charge in [-0.15, -0.1) is 0 Å². The van der Waals surface area contributed by atoms with Gasteiger partial charge in [-0.2, -0.15) is 5.10 Å². The first-order valence-corrected chi connectivity index (χ1v) is 11.6. The molecule has 1 N–H and O–H groups in total. The zero-order valence-electron chi connectivity index (χ0n) is 18.5. The van der Waals surface area contributed by atoms with Gasteiger partial charge in [-0.25, -0.2) is 4.39 Å². The first-order valence-electron chi connectivity index (χ1n) is 11.2. The monoisotopic (exact) mass is 473 g/mol. The van der Waals surface area contributed by atoms with Gasteiger partial charge in [0.15, 0.2) is 11.6 Å². The maximum atomic E-state index is 13.8. The van der Waals surface area contributed by atoms with Gasteiger partial charge in [-0.1, -0.05) is 35.9 Å². The van der Waals surface area contributed by atoms with Crippen LogP contribution in [0.2, 0.25) is 5.02 Å². The summed E-state index contributed by atoms with van der Waals surface area (Å²) in [5, 5.41) is 15.7. The van der Waals surface area contributed by atoms with Crippen LogP contribution in [0.25, 0.3) is 0 Å². The second kappa shape index (κ2) is 11.0. The van der Waals surface area contributed by atoms with E-state index in [1.807, 2.05) is 12.1 Å². The average molecular weight is 474 g/mol. The Hall–Kier alpha value is -2.61. The summed E-state index contributed by atoms with van der Waals surface area (Å²) in [7, 11) is 0. The molecule has 1 saturated heterocycles. The average Bonchev–Trinajstić information content (AvgIpc) is 3.13. The molecule has 0 bridgehead atoms. The first-order chi connectivity index (χ1) is 16.0. The molecule has 1 aromatic heterocycles. The highest BCUT2D eigenvalue weighted by molar-refractivity contribution is 6.30. The number of aliphatic hydroxyl groups is 1. The van der Waals surface area contributed by atoms with E-state index >= 15 is 0 Å². The van der Waals surface area contributed by atoms with Gasteiger partial charge in [-0.3, -0.25) is 9.58 Å². The van der Waals surface area contributed by atoms with Gasteiger partial charge in [0.05, 0.1) is 23.4 Å².